The van der Waals surface area contributed by atoms with Gasteiger partial charge in [-0.15, -0.1) is 0 Å². The molecule has 1 aromatic heterocycles. The Bertz CT molecular complexity index is 609. The second kappa shape index (κ2) is 4.35. The number of hydrogen-bond acceptors (Lipinski definition) is 5. The molecule has 2 N–H and O–H groups in total. The molecule has 19 heavy (non-hydrogen) atoms. The highest BCUT2D eigenvalue weighted by molar-refractivity contribution is 7.22. The average Bonchev–Trinajstić information content (AvgIpc) is 3.02. The van der Waals surface area contributed by atoms with Crippen LogP contribution in [0.4, 0.5) is 10.8 Å². The minimum absolute atomic E-state index is 0.742. The number of anilines is 2. The molecule has 0 amide bonds. The van der Waals surface area contributed by atoms with Gasteiger partial charge >= 0.3 is 0 Å². The number of nitrogens with zero attached hydrogens (tertiary/aromatic N) is 3. The van der Waals surface area contributed by atoms with Gasteiger partial charge in [0.05, 0.1) is 10.2 Å². The van der Waals surface area contributed by atoms with Crippen molar-refractivity contribution in [3.8, 4) is 0 Å². The van der Waals surface area contributed by atoms with Gasteiger partial charge in [0.25, 0.3) is 0 Å². The second-order valence-corrected chi connectivity index (χ2v) is 6.51. The number of hydrogen-bond donors (Lipinski definition) is 1. The number of benzene rings is 1. The summed E-state index contributed by atoms with van der Waals surface area (Å²) in [7, 11) is 0. The van der Waals surface area contributed by atoms with E-state index in [2.05, 4.69) is 9.80 Å². The van der Waals surface area contributed by atoms with Crippen molar-refractivity contribution in [3.63, 3.8) is 0 Å². The van der Waals surface area contributed by atoms with E-state index in [0.29, 0.717) is 0 Å². The lowest BCUT2D eigenvalue weighted by molar-refractivity contribution is 0.231. The molecular weight excluding hydrogens is 256 g/mol. The highest BCUT2D eigenvalue weighted by atomic mass is 32.1. The zero-order valence-corrected chi connectivity index (χ0v) is 11.7. The first-order valence-electron chi connectivity index (χ1n) is 6.95. The van der Waals surface area contributed by atoms with E-state index in [0.717, 1.165) is 35.5 Å². The molecular formula is C14H18N4S. The first-order chi connectivity index (χ1) is 9.29. The van der Waals surface area contributed by atoms with E-state index in [4.69, 9.17) is 10.7 Å². The summed E-state index contributed by atoms with van der Waals surface area (Å²) in [4.78, 5) is 9.84. The monoisotopic (exact) mass is 274 g/mol. The number of rotatable bonds is 1. The zero-order chi connectivity index (χ0) is 12.8. The van der Waals surface area contributed by atoms with E-state index in [1.54, 1.807) is 11.3 Å². The summed E-state index contributed by atoms with van der Waals surface area (Å²) in [6, 6.07) is 6.73. The number of nitrogen functional groups attached to an aromatic ring is 1. The normalized spacial score (nSPS) is 24.0. The van der Waals surface area contributed by atoms with Crippen LogP contribution in [0.15, 0.2) is 18.2 Å². The molecule has 2 aliphatic heterocycles. The molecule has 1 unspecified atom stereocenters. The number of piperazine rings is 1. The van der Waals surface area contributed by atoms with Crippen LogP contribution < -0.4 is 10.6 Å². The van der Waals surface area contributed by atoms with Crippen LogP contribution in [0.5, 0.6) is 0 Å². The van der Waals surface area contributed by atoms with Gasteiger partial charge in [-0.25, -0.2) is 4.98 Å². The Morgan fingerprint density at radius 2 is 2.21 bits per heavy atom. The third-order valence-corrected chi connectivity index (χ3v) is 5.34. The van der Waals surface area contributed by atoms with E-state index in [-0.39, 0.29) is 0 Å². The standard InChI is InChI=1S/C14H18N4S/c15-10-3-4-12-13(8-10)19-14(16-12)18-7-6-17-5-1-2-11(17)9-18/h3-4,8,11H,1-2,5-7,9,15H2. The van der Waals surface area contributed by atoms with Crippen molar-refractivity contribution < 1.29 is 0 Å². The van der Waals surface area contributed by atoms with Gasteiger partial charge < -0.3 is 10.6 Å². The van der Waals surface area contributed by atoms with Crippen LogP contribution in [0.2, 0.25) is 0 Å². The van der Waals surface area contributed by atoms with Crippen LogP contribution in [0.3, 0.4) is 0 Å². The van der Waals surface area contributed by atoms with Gasteiger partial charge in [0, 0.05) is 31.4 Å². The molecule has 0 saturated carbocycles. The SMILES string of the molecule is Nc1ccc2nc(N3CCN4CCCC4C3)sc2c1. The zero-order valence-electron chi connectivity index (χ0n) is 10.9. The Hall–Kier alpha value is -1.33. The van der Waals surface area contributed by atoms with E-state index >= 15 is 0 Å². The molecule has 2 aromatic rings. The van der Waals surface area contributed by atoms with Crippen LogP contribution in [0.1, 0.15) is 12.8 Å². The Balaban J connectivity index is 1.63. The molecule has 100 valence electrons. The van der Waals surface area contributed by atoms with Crippen molar-refractivity contribution in [3.05, 3.63) is 18.2 Å². The Morgan fingerprint density at radius 3 is 3.16 bits per heavy atom. The Labute approximate surface area is 116 Å². The predicted octanol–water partition coefficient (Wildman–Crippen LogP) is 2.16. The summed E-state index contributed by atoms with van der Waals surface area (Å²) in [6.45, 7) is 4.71. The average molecular weight is 274 g/mol. The topological polar surface area (TPSA) is 45.4 Å². The smallest absolute Gasteiger partial charge is 0.186 e. The summed E-state index contributed by atoms with van der Waals surface area (Å²) < 4.78 is 1.20. The van der Waals surface area contributed by atoms with Crippen molar-refractivity contribution in [1.29, 1.82) is 0 Å². The van der Waals surface area contributed by atoms with Crippen LogP contribution in [-0.2, 0) is 0 Å². The molecule has 0 aliphatic carbocycles. The van der Waals surface area contributed by atoms with E-state index in [1.165, 1.54) is 30.6 Å². The molecule has 4 nitrogen and oxygen atoms in total. The van der Waals surface area contributed by atoms with E-state index in [1.807, 2.05) is 18.2 Å². The van der Waals surface area contributed by atoms with E-state index < -0.39 is 0 Å². The second-order valence-electron chi connectivity index (χ2n) is 5.50. The largest absolute Gasteiger partial charge is 0.399 e. The van der Waals surface area contributed by atoms with Crippen LogP contribution in [0.25, 0.3) is 10.2 Å². The quantitative estimate of drug-likeness (QED) is 0.810. The molecule has 2 fully saturated rings. The maximum atomic E-state index is 5.84. The molecule has 1 aromatic carbocycles. The summed E-state index contributed by atoms with van der Waals surface area (Å²) in [5, 5.41) is 1.16. The molecule has 0 bridgehead atoms. The summed E-state index contributed by atoms with van der Waals surface area (Å²) >= 11 is 1.77. The molecule has 3 heterocycles. The molecule has 4 rings (SSSR count). The summed E-state index contributed by atoms with van der Waals surface area (Å²) in [6.07, 6.45) is 2.70. The van der Waals surface area contributed by atoms with Gasteiger partial charge in [0.2, 0.25) is 0 Å². The van der Waals surface area contributed by atoms with Crippen molar-refractivity contribution in [2.24, 2.45) is 0 Å². The fourth-order valence-corrected chi connectivity index (χ4v) is 4.28. The van der Waals surface area contributed by atoms with Crippen molar-refractivity contribution in [2.75, 3.05) is 36.8 Å². The highest BCUT2D eigenvalue weighted by Gasteiger charge is 2.31. The van der Waals surface area contributed by atoms with Gasteiger partial charge in [-0.2, -0.15) is 0 Å². The summed E-state index contributed by atoms with van der Waals surface area (Å²) in [5.74, 6) is 0. The van der Waals surface area contributed by atoms with E-state index in [9.17, 15) is 0 Å². The van der Waals surface area contributed by atoms with Crippen molar-refractivity contribution >= 4 is 32.4 Å². The number of thiazole rings is 1. The fourth-order valence-electron chi connectivity index (χ4n) is 3.23. The van der Waals surface area contributed by atoms with Gasteiger partial charge in [-0.05, 0) is 37.6 Å². The van der Waals surface area contributed by atoms with Gasteiger partial charge in [-0.3, -0.25) is 4.90 Å². The third-order valence-electron chi connectivity index (χ3n) is 4.26. The fraction of sp³-hybridized carbons (Fsp3) is 0.500. The lowest BCUT2D eigenvalue weighted by Gasteiger charge is -2.37. The first kappa shape index (κ1) is 11.5. The third kappa shape index (κ3) is 1.97. The lowest BCUT2D eigenvalue weighted by atomic mass is 10.2. The van der Waals surface area contributed by atoms with Gasteiger partial charge in [-0.1, -0.05) is 11.3 Å². The van der Waals surface area contributed by atoms with Crippen LogP contribution in [0, 0.1) is 0 Å². The Kier molecular flexibility index (Phi) is 2.63. The maximum absolute atomic E-state index is 5.84. The lowest BCUT2D eigenvalue weighted by Crippen LogP contribution is -2.50. The van der Waals surface area contributed by atoms with Crippen LogP contribution >= 0.6 is 11.3 Å². The number of nitrogens with two attached hydrogens (primary N) is 1. The van der Waals surface area contributed by atoms with Crippen molar-refractivity contribution in [2.45, 2.75) is 18.9 Å². The van der Waals surface area contributed by atoms with Gasteiger partial charge in [0.15, 0.2) is 5.13 Å². The minimum Gasteiger partial charge on any atom is -0.399 e. The molecule has 2 saturated heterocycles. The first-order valence-corrected chi connectivity index (χ1v) is 7.76. The number of fused-ring (bicyclic) bond motifs is 2. The van der Waals surface area contributed by atoms with Crippen molar-refractivity contribution in [1.82, 2.24) is 9.88 Å². The molecule has 0 radical (unpaired) electrons. The summed E-state index contributed by atoms with van der Waals surface area (Å²) in [5.41, 5.74) is 7.74. The van der Waals surface area contributed by atoms with Gasteiger partial charge in [0.1, 0.15) is 0 Å². The minimum atomic E-state index is 0.742. The Morgan fingerprint density at radius 1 is 1.26 bits per heavy atom. The molecule has 0 spiro atoms. The highest BCUT2D eigenvalue weighted by Crippen LogP contribution is 2.32. The molecule has 1 atom stereocenters. The molecule has 2 aliphatic rings. The number of aromatic nitrogens is 1. The maximum Gasteiger partial charge on any atom is 0.186 e. The predicted molar refractivity (Wildman–Crippen MR) is 80.8 cm³/mol. The molecule has 5 heteroatoms. The van der Waals surface area contributed by atoms with Crippen LogP contribution in [-0.4, -0.2) is 42.1 Å².